The van der Waals surface area contributed by atoms with E-state index in [-0.39, 0.29) is 11.9 Å². The Balaban J connectivity index is 1.50. The predicted molar refractivity (Wildman–Crippen MR) is 103 cm³/mol. The third kappa shape index (κ3) is 3.04. The van der Waals surface area contributed by atoms with E-state index in [1.54, 1.807) is 15.6 Å². The summed E-state index contributed by atoms with van der Waals surface area (Å²) in [4.78, 5) is 16.3. The molecule has 0 aliphatic carbocycles. The van der Waals surface area contributed by atoms with E-state index in [2.05, 4.69) is 5.10 Å². The van der Waals surface area contributed by atoms with Crippen molar-refractivity contribution >= 4 is 17.1 Å². The molecule has 0 unspecified atom stereocenters. The second-order valence-corrected chi connectivity index (χ2v) is 7.65. The fraction of sp³-hybridized carbons (Fsp3) is 0.333. The zero-order valence-corrected chi connectivity index (χ0v) is 15.6. The van der Waals surface area contributed by atoms with Crippen molar-refractivity contribution in [1.82, 2.24) is 14.5 Å². The molecule has 3 aromatic rings. The molecule has 8 heteroatoms. The number of pyridine rings is 1. The molecule has 0 radical (unpaired) electrons. The van der Waals surface area contributed by atoms with Crippen LogP contribution in [0, 0.1) is 11.6 Å². The maximum Gasteiger partial charge on any atom is 0.257 e. The first-order valence-electron chi connectivity index (χ1n) is 9.67. The predicted octanol–water partition coefficient (Wildman–Crippen LogP) is 2.77. The normalized spacial score (nSPS) is 19.8. The number of carbonyl (C=O) groups excluding carboxylic acids is 1. The van der Waals surface area contributed by atoms with Crippen LogP contribution in [0.25, 0.3) is 5.52 Å². The molecule has 0 saturated carbocycles. The molecule has 4 heterocycles. The molecule has 0 spiro atoms. The van der Waals surface area contributed by atoms with Gasteiger partial charge in [0.2, 0.25) is 0 Å². The number of anilines is 1. The molecule has 29 heavy (non-hydrogen) atoms. The standard InChI is InChI=1S/C21H20F2N4O2/c22-13-3-4-18(23)16(8-13)19-2-1-6-26(19)14-5-7-27-20(9-14)17(10-24-27)21(29)25-11-15(28)12-25/h3-5,7-10,15,19,28H,1-2,6,11-12H2/t19-/m0/s1. The minimum absolute atomic E-state index is 0.170. The Labute approximate surface area is 166 Å². The Hall–Kier alpha value is -3.00. The Kier molecular flexibility index (Phi) is 4.24. The van der Waals surface area contributed by atoms with Crippen LogP contribution in [0.15, 0.2) is 42.7 Å². The van der Waals surface area contributed by atoms with E-state index in [1.165, 1.54) is 18.3 Å². The Morgan fingerprint density at radius 1 is 1.17 bits per heavy atom. The Bertz CT molecular complexity index is 1090. The molecule has 5 rings (SSSR count). The lowest BCUT2D eigenvalue weighted by molar-refractivity contribution is 0.00602. The zero-order chi connectivity index (χ0) is 20.1. The second-order valence-electron chi connectivity index (χ2n) is 7.65. The van der Waals surface area contributed by atoms with Crippen LogP contribution in [0.5, 0.6) is 0 Å². The van der Waals surface area contributed by atoms with Crippen LogP contribution in [0.2, 0.25) is 0 Å². The van der Waals surface area contributed by atoms with Crippen molar-refractivity contribution in [2.24, 2.45) is 0 Å². The highest BCUT2D eigenvalue weighted by atomic mass is 19.1. The van der Waals surface area contributed by atoms with Gasteiger partial charge in [-0.1, -0.05) is 0 Å². The van der Waals surface area contributed by atoms with E-state index < -0.39 is 17.7 Å². The van der Waals surface area contributed by atoms with E-state index in [0.717, 1.165) is 24.6 Å². The van der Waals surface area contributed by atoms with Crippen LogP contribution in [0.4, 0.5) is 14.5 Å². The number of aliphatic hydroxyl groups excluding tert-OH is 1. The van der Waals surface area contributed by atoms with Crippen molar-refractivity contribution in [3.05, 3.63) is 65.5 Å². The van der Waals surface area contributed by atoms with Gasteiger partial charge >= 0.3 is 0 Å². The first-order valence-corrected chi connectivity index (χ1v) is 9.67. The van der Waals surface area contributed by atoms with Gasteiger partial charge in [-0.15, -0.1) is 0 Å². The fourth-order valence-corrected chi connectivity index (χ4v) is 4.27. The van der Waals surface area contributed by atoms with Crippen LogP contribution < -0.4 is 4.90 Å². The van der Waals surface area contributed by atoms with Crippen molar-refractivity contribution in [3.63, 3.8) is 0 Å². The largest absolute Gasteiger partial charge is 0.389 e. The lowest BCUT2D eigenvalue weighted by atomic mass is 10.0. The highest BCUT2D eigenvalue weighted by Crippen LogP contribution is 2.38. The molecule has 2 fully saturated rings. The van der Waals surface area contributed by atoms with Gasteiger partial charge in [0.25, 0.3) is 5.91 Å². The summed E-state index contributed by atoms with van der Waals surface area (Å²) in [6, 6.07) is 7.03. The van der Waals surface area contributed by atoms with E-state index in [0.29, 0.717) is 36.3 Å². The van der Waals surface area contributed by atoms with Crippen molar-refractivity contribution in [2.75, 3.05) is 24.5 Å². The average molecular weight is 398 g/mol. The van der Waals surface area contributed by atoms with Crippen molar-refractivity contribution in [1.29, 1.82) is 0 Å². The Morgan fingerprint density at radius 3 is 2.79 bits per heavy atom. The molecule has 150 valence electrons. The van der Waals surface area contributed by atoms with Crippen LogP contribution in [-0.4, -0.2) is 51.3 Å². The number of aliphatic hydroxyl groups is 1. The number of amides is 1. The molecule has 2 aliphatic heterocycles. The van der Waals surface area contributed by atoms with E-state index in [1.807, 2.05) is 17.0 Å². The Morgan fingerprint density at radius 2 is 2.00 bits per heavy atom. The summed E-state index contributed by atoms with van der Waals surface area (Å²) >= 11 is 0. The van der Waals surface area contributed by atoms with Crippen molar-refractivity contribution in [2.45, 2.75) is 25.0 Å². The number of likely N-dealkylation sites (tertiary alicyclic amines) is 1. The number of β-amino-alcohol motifs (C(OH)–C–C–N with tert-alkyl or cyclic N) is 1. The van der Waals surface area contributed by atoms with E-state index in [4.69, 9.17) is 0 Å². The maximum absolute atomic E-state index is 14.4. The minimum Gasteiger partial charge on any atom is -0.389 e. The number of rotatable bonds is 3. The van der Waals surface area contributed by atoms with Gasteiger partial charge in [-0.3, -0.25) is 4.79 Å². The van der Waals surface area contributed by atoms with Crippen LogP contribution >= 0.6 is 0 Å². The molecule has 0 bridgehead atoms. The maximum atomic E-state index is 14.4. The third-order valence-electron chi connectivity index (χ3n) is 5.79. The number of aromatic nitrogens is 2. The van der Waals surface area contributed by atoms with Crippen LogP contribution in [-0.2, 0) is 0 Å². The summed E-state index contributed by atoms with van der Waals surface area (Å²) in [5.41, 5.74) is 2.30. The molecule has 2 aliphatic rings. The monoisotopic (exact) mass is 398 g/mol. The molecule has 6 nitrogen and oxygen atoms in total. The van der Waals surface area contributed by atoms with E-state index in [9.17, 15) is 18.7 Å². The number of nitrogens with zero attached hydrogens (tertiary/aromatic N) is 4. The highest BCUT2D eigenvalue weighted by Gasteiger charge is 2.32. The average Bonchev–Trinajstić information content (AvgIpc) is 3.33. The van der Waals surface area contributed by atoms with Gasteiger partial charge in [-0.05, 0) is 43.2 Å². The fourth-order valence-electron chi connectivity index (χ4n) is 4.27. The van der Waals surface area contributed by atoms with Crippen molar-refractivity contribution < 1.29 is 18.7 Å². The van der Waals surface area contributed by atoms with Gasteiger partial charge in [0.15, 0.2) is 0 Å². The third-order valence-corrected chi connectivity index (χ3v) is 5.79. The van der Waals surface area contributed by atoms with Gasteiger partial charge < -0.3 is 14.9 Å². The summed E-state index contributed by atoms with van der Waals surface area (Å²) in [5, 5.41) is 13.7. The second kappa shape index (κ2) is 6.81. The lowest BCUT2D eigenvalue weighted by Crippen LogP contribution is -2.53. The quantitative estimate of drug-likeness (QED) is 0.737. The van der Waals surface area contributed by atoms with Gasteiger partial charge in [0, 0.05) is 37.1 Å². The van der Waals surface area contributed by atoms with E-state index >= 15 is 0 Å². The van der Waals surface area contributed by atoms with Gasteiger partial charge in [-0.2, -0.15) is 5.10 Å². The van der Waals surface area contributed by atoms with Gasteiger partial charge in [0.05, 0.1) is 29.4 Å². The lowest BCUT2D eigenvalue weighted by Gasteiger charge is -2.35. The SMILES string of the molecule is O=C(c1cnn2ccc(N3CCC[C@H]3c3cc(F)ccc3F)cc12)N1CC(O)C1. The summed E-state index contributed by atoms with van der Waals surface area (Å²) in [6.07, 6.45) is 4.41. The smallest absolute Gasteiger partial charge is 0.257 e. The van der Waals surface area contributed by atoms with Crippen LogP contribution in [0.1, 0.15) is 34.8 Å². The molecule has 1 amide bonds. The zero-order valence-electron chi connectivity index (χ0n) is 15.6. The highest BCUT2D eigenvalue weighted by molar-refractivity contribution is 6.01. The van der Waals surface area contributed by atoms with Gasteiger partial charge in [-0.25, -0.2) is 13.3 Å². The number of hydrogen-bond acceptors (Lipinski definition) is 4. The number of fused-ring (bicyclic) bond motifs is 1. The molecule has 2 saturated heterocycles. The number of halogens is 2. The summed E-state index contributed by atoms with van der Waals surface area (Å²) in [6.45, 7) is 1.36. The molecule has 1 atom stereocenters. The number of carbonyl (C=O) groups is 1. The summed E-state index contributed by atoms with van der Waals surface area (Å²) < 4.78 is 29.7. The molecular formula is C21H20F2N4O2. The summed E-state index contributed by atoms with van der Waals surface area (Å²) in [5.74, 6) is -1.04. The molecular weight excluding hydrogens is 378 g/mol. The first kappa shape index (κ1) is 18.1. The first-order chi connectivity index (χ1) is 14.0. The van der Waals surface area contributed by atoms with Crippen LogP contribution in [0.3, 0.4) is 0 Å². The van der Waals surface area contributed by atoms with Crippen molar-refractivity contribution in [3.8, 4) is 0 Å². The molecule has 2 aromatic heterocycles. The topological polar surface area (TPSA) is 61.1 Å². The van der Waals surface area contributed by atoms with Gasteiger partial charge in [0.1, 0.15) is 11.6 Å². The molecule has 1 N–H and O–H groups in total. The minimum atomic E-state index is -0.470. The molecule has 1 aromatic carbocycles. The number of hydrogen-bond donors (Lipinski definition) is 1. The number of benzene rings is 1. The summed E-state index contributed by atoms with van der Waals surface area (Å²) in [7, 11) is 0.